The Morgan fingerprint density at radius 1 is 1.20 bits per heavy atom. The second-order valence-electron chi connectivity index (χ2n) is 2.65. The molecule has 3 nitrogen and oxygen atoms in total. The molecule has 0 aromatic rings. The molecule has 0 bridgehead atoms. The van der Waals surface area contributed by atoms with Gasteiger partial charge in [-0.2, -0.15) is 0 Å². The predicted molar refractivity (Wildman–Crippen MR) is 36.7 cm³/mol. The zero-order valence-corrected chi connectivity index (χ0v) is 5.99. The van der Waals surface area contributed by atoms with E-state index >= 15 is 0 Å². The fraction of sp³-hybridized carbons (Fsp3) is 1.00. The summed E-state index contributed by atoms with van der Waals surface area (Å²) in [4.78, 5) is 0. The van der Waals surface area contributed by atoms with Crippen LogP contribution in [0.3, 0.4) is 0 Å². The highest BCUT2D eigenvalue weighted by Crippen LogP contribution is 2.20. The van der Waals surface area contributed by atoms with Crippen molar-refractivity contribution in [1.29, 1.82) is 0 Å². The molecular weight excluding hydrogens is 132 g/mol. The standard InChI is InChI=1S/C7H14O3/c8-4-3-6-1-2-7(5-9)10-6/h6-9H,1-5H2. The van der Waals surface area contributed by atoms with Gasteiger partial charge in [0.2, 0.25) is 0 Å². The molecule has 1 aliphatic heterocycles. The van der Waals surface area contributed by atoms with E-state index in [0.717, 1.165) is 12.8 Å². The maximum absolute atomic E-state index is 8.66. The van der Waals surface area contributed by atoms with Crippen LogP contribution in [-0.4, -0.2) is 35.6 Å². The Morgan fingerprint density at radius 3 is 2.40 bits per heavy atom. The van der Waals surface area contributed by atoms with E-state index < -0.39 is 0 Å². The SMILES string of the molecule is OCCC1CCC(CO)O1. The highest BCUT2D eigenvalue weighted by molar-refractivity contribution is 4.72. The molecule has 1 aliphatic rings. The third-order valence-corrected chi connectivity index (χ3v) is 1.85. The molecule has 2 N–H and O–H groups in total. The van der Waals surface area contributed by atoms with Gasteiger partial charge in [0.05, 0.1) is 18.8 Å². The second kappa shape index (κ2) is 3.91. The first-order chi connectivity index (χ1) is 4.86. The number of hydrogen-bond donors (Lipinski definition) is 2. The van der Waals surface area contributed by atoms with Gasteiger partial charge in [-0.05, 0) is 19.3 Å². The van der Waals surface area contributed by atoms with E-state index in [0.29, 0.717) is 6.42 Å². The van der Waals surface area contributed by atoms with Crippen molar-refractivity contribution in [2.24, 2.45) is 0 Å². The molecule has 0 saturated carbocycles. The first-order valence-electron chi connectivity index (χ1n) is 3.74. The van der Waals surface area contributed by atoms with Crippen molar-refractivity contribution in [3.63, 3.8) is 0 Å². The number of aliphatic hydroxyl groups excluding tert-OH is 2. The summed E-state index contributed by atoms with van der Waals surface area (Å²) < 4.78 is 5.34. The monoisotopic (exact) mass is 146 g/mol. The van der Waals surface area contributed by atoms with Crippen molar-refractivity contribution >= 4 is 0 Å². The van der Waals surface area contributed by atoms with E-state index in [1.807, 2.05) is 0 Å². The summed E-state index contributed by atoms with van der Waals surface area (Å²) in [6.45, 7) is 0.296. The smallest absolute Gasteiger partial charge is 0.0810 e. The van der Waals surface area contributed by atoms with Gasteiger partial charge in [-0.15, -0.1) is 0 Å². The summed E-state index contributed by atoms with van der Waals surface area (Å²) in [5, 5.41) is 17.2. The van der Waals surface area contributed by atoms with E-state index in [-0.39, 0.29) is 25.4 Å². The highest BCUT2D eigenvalue weighted by Gasteiger charge is 2.23. The predicted octanol–water partition coefficient (Wildman–Crippen LogP) is -0.0913. The number of ether oxygens (including phenoxy) is 1. The van der Waals surface area contributed by atoms with Crippen LogP contribution in [0.1, 0.15) is 19.3 Å². The fourth-order valence-corrected chi connectivity index (χ4v) is 1.27. The quantitative estimate of drug-likeness (QED) is 0.585. The van der Waals surface area contributed by atoms with Crippen molar-refractivity contribution in [2.45, 2.75) is 31.5 Å². The fourth-order valence-electron chi connectivity index (χ4n) is 1.27. The lowest BCUT2D eigenvalue weighted by atomic mass is 10.1. The van der Waals surface area contributed by atoms with Crippen molar-refractivity contribution < 1.29 is 14.9 Å². The molecule has 0 amide bonds. The van der Waals surface area contributed by atoms with E-state index in [9.17, 15) is 0 Å². The summed E-state index contributed by atoms with van der Waals surface area (Å²) in [7, 11) is 0. The van der Waals surface area contributed by atoms with Gasteiger partial charge in [0.1, 0.15) is 0 Å². The highest BCUT2D eigenvalue weighted by atomic mass is 16.5. The third kappa shape index (κ3) is 1.94. The lowest BCUT2D eigenvalue weighted by Crippen LogP contribution is -2.15. The molecule has 2 unspecified atom stereocenters. The topological polar surface area (TPSA) is 49.7 Å². The van der Waals surface area contributed by atoms with Gasteiger partial charge in [-0.3, -0.25) is 0 Å². The summed E-state index contributed by atoms with van der Waals surface area (Å²) in [6, 6.07) is 0. The van der Waals surface area contributed by atoms with Crippen LogP contribution in [0.2, 0.25) is 0 Å². The summed E-state index contributed by atoms with van der Waals surface area (Å²) in [6.07, 6.45) is 2.82. The minimum atomic E-state index is 0.0246. The average Bonchev–Trinajstić information content (AvgIpc) is 2.37. The summed E-state index contributed by atoms with van der Waals surface area (Å²) in [5.74, 6) is 0. The van der Waals surface area contributed by atoms with Crippen molar-refractivity contribution in [3.8, 4) is 0 Å². The molecule has 1 rings (SSSR count). The van der Waals surface area contributed by atoms with Crippen molar-refractivity contribution in [2.75, 3.05) is 13.2 Å². The Bertz CT molecular complexity index is 94.9. The Morgan fingerprint density at radius 2 is 1.90 bits per heavy atom. The zero-order chi connectivity index (χ0) is 7.40. The van der Waals surface area contributed by atoms with Crippen LogP contribution >= 0.6 is 0 Å². The van der Waals surface area contributed by atoms with Gasteiger partial charge < -0.3 is 14.9 Å². The van der Waals surface area contributed by atoms with Crippen molar-refractivity contribution in [1.82, 2.24) is 0 Å². The number of aliphatic hydroxyl groups is 2. The minimum Gasteiger partial charge on any atom is -0.396 e. The molecule has 0 aromatic carbocycles. The van der Waals surface area contributed by atoms with E-state index in [1.54, 1.807) is 0 Å². The summed E-state index contributed by atoms with van der Waals surface area (Å²) >= 11 is 0. The van der Waals surface area contributed by atoms with Crippen LogP contribution in [0.4, 0.5) is 0 Å². The molecular formula is C7H14O3. The van der Waals surface area contributed by atoms with Crippen LogP contribution in [0, 0.1) is 0 Å². The molecule has 1 fully saturated rings. The molecule has 0 radical (unpaired) electrons. The van der Waals surface area contributed by atoms with E-state index in [1.165, 1.54) is 0 Å². The van der Waals surface area contributed by atoms with Crippen LogP contribution in [0.5, 0.6) is 0 Å². The molecule has 2 atom stereocenters. The van der Waals surface area contributed by atoms with Gasteiger partial charge in [0, 0.05) is 6.61 Å². The van der Waals surface area contributed by atoms with Gasteiger partial charge in [-0.25, -0.2) is 0 Å². The lowest BCUT2D eigenvalue weighted by molar-refractivity contribution is 0.00234. The molecule has 1 saturated heterocycles. The normalized spacial score (nSPS) is 33.0. The maximum atomic E-state index is 8.66. The van der Waals surface area contributed by atoms with Gasteiger partial charge in [-0.1, -0.05) is 0 Å². The van der Waals surface area contributed by atoms with Gasteiger partial charge >= 0.3 is 0 Å². The number of rotatable bonds is 3. The largest absolute Gasteiger partial charge is 0.396 e. The molecule has 3 heteroatoms. The van der Waals surface area contributed by atoms with E-state index in [2.05, 4.69) is 0 Å². The summed E-state index contributed by atoms with van der Waals surface area (Å²) in [5.41, 5.74) is 0. The molecule has 0 aromatic heterocycles. The Balaban J connectivity index is 2.15. The molecule has 60 valence electrons. The Labute approximate surface area is 60.6 Å². The Hall–Kier alpha value is -0.120. The average molecular weight is 146 g/mol. The molecule has 1 heterocycles. The van der Waals surface area contributed by atoms with Crippen LogP contribution in [-0.2, 0) is 4.74 Å². The van der Waals surface area contributed by atoms with E-state index in [4.69, 9.17) is 14.9 Å². The molecule has 0 aliphatic carbocycles. The molecule has 0 spiro atoms. The first-order valence-corrected chi connectivity index (χ1v) is 3.74. The third-order valence-electron chi connectivity index (χ3n) is 1.85. The van der Waals surface area contributed by atoms with Crippen LogP contribution in [0.15, 0.2) is 0 Å². The first kappa shape index (κ1) is 7.98. The minimum absolute atomic E-state index is 0.0246. The maximum Gasteiger partial charge on any atom is 0.0810 e. The van der Waals surface area contributed by atoms with Crippen molar-refractivity contribution in [3.05, 3.63) is 0 Å². The van der Waals surface area contributed by atoms with Crippen LogP contribution in [0.25, 0.3) is 0 Å². The Kier molecular flexibility index (Phi) is 3.12. The zero-order valence-electron chi connectivity index (χ0n) is 5.99. The van der Waals surface area contributed by atoms with Gasteiger partial charge in [0.25, 0.3) is 0 Å². The van der Waals surface area contributed by atoms with Crippen LogP contribution < -0.4 is 0 Å². The lowest BCUT2D eigenvalue weighted by Gasteiger charge is -2.09. The van der Waals surface area contributed by atoms with Gasteiger partial charge in [0.15, 0.2) is 0 Å². The number of hydrogen-bond acceptors (Lipinski definition) is 3. The molecule has 10 heavy (non-hydrogen) atoms. The second-order valence-corrected chi connectivity index (χ2v) is 2.65.